The number of likely N-dealkylation sites (tertiary alicyclic amines) is 1. The van der Waals surface area contributed by atoms with Crippen molar-refractivity contribution in [1.29, 1.82) is 0 Å². The quantitative estimate of drug-likeness (QED) is 0.525. The van der Waals surface area contributed by atoms with Crippen molar-refractivity contribution in [3.8, 4) is 0 Å². The van der Waals surface area contributed by atoms with Crippen molar-refractivity contribution < 1.29 is 14.3 Å². The first-order chi connectivity index (χ1) is 15.4. The molecule has 6 aliphatic rings. The van der Waals surface area contributed by atoms with Crippen LogP contribution in [0.5, 0.6) is 0 Å². The lowest BCUT2D eigenvalue weighted by Gasteiger charge is -2.52. The third kappa shape index (κ3) is 2.84. The number of fused-ring (bicyclic) bond motifs is 7. The summed E-state index contributed by atoms with van der Waals surface area (Å²) in [6, 6.07) is 5.69. The van der Waals surface area contributed by atoms with Crippen molar-refractivity contribution in [2.24, 2.45) is 29.1 Å². The highest BCUT2D eigenvalue weighted by Crippen LogP contribution is 2.62. The molecule has 5 heterocycles. The number of rotatable bonds is 2. The van der Waals surface area contributed by atoms with E-state index in [1.165, 1.54) is 25.0 Å². The summed E-state index contributed by atoms with van der Waals surface area (Å²) in [6.45, 7) is 6.87. The van der Waals surface area contributed by atoms with E-state index in [1.54, 1.807) is 6.07 Å². The Morgan fingerprint density at radius 3 is 2.84 bits per heavy atom. The van der Waals surface area contributed by atoms with Crippen LogP contribution in [-0.4, -0.2) is 53.4 Å². The number of hydrogen-bond acceptors (Lipinski definition) is 5. The van der Waals surface area contributed by atoms with E-state index >= 15 is 0 Å². The van der Waals surface area contributed by atoms with Crippen LogP contribution in [0.4, 0.5) is 0 Å². The van der Waals surface area contributed by atoms with E-state index in [4.69, 9.17) is 9.47 Å². The van der Waals surface area contributed by atoms with E-state index in [0.29, 0.717) is 23.7 Å². The van der Waals surface area contributed by atoms with E-state index < -0.39 is 0 Å². The molecule has 7 rings (SSSR count). The van der Waals surface area contributed by atoms with Crippen molar-refractivity contribution >= 4 is 5.97 Å². The van der Waals surface area contributed by atoms with Crippen LogP contribution in [0.3, 0.4) is 0 Å². The Morgan fingerprint density at radius 2 is 2.00 bits per heavy atom. The Kier molecular flexibility index (Phi) is 4.14. The minimum absolute atomic E-state index is 0.0148. The van der Waals surface area contributed by atoms with Gasteiger partial charge in [0.05, 0.1) is 18.1 Å². The van der Waals surface area contributed by atoms with Crippen molar-refractivity contribution in [3.63, 3.8) is 0 Å². The molecule has 0 radical (unpaired) electrons. The molecule has 1 aromatic heterocycles. The molecule has 6 heteroatoms. The molecule has 0 N–H and O–H groups in total. The van der Waals surface area contributed by atoms with Gasteiger partial charge in [-0.15, -0.1) is 0 Å². The third-order valence-corrected chi connectivity index (χ3v) is 10.1. The highest BCUT2D eigenvalue weighted by Gasteiger charge is 2.65. The average molecular weight is 439 g/mol. The molecule has 3 saturated heterocycles. The molecule has 2 saturated carbocycles. The van der Waals surface area contributed by atoms with Crippen LogP contribution >= 0.6 is 0 Å². The van der Waals surface area contributed by atoms with Crippen molar-refractivity contribution in [2.75, 3.05) is 26.2 Å². The summed E-state index contributed by atoms with van der Waals surface area (Å²) in [7, 11) is 0. The second-order valence-corrected chi connectivity index (χ2v) is 12.0. The second-order valence-electron chi connectivity index (χ2n) is 12.0. The van der Waals surface area contributed by atoms with Crippen molar-refractivity contribution in [3.05, 3.63) is 34.2 Å². The number of nitrogens with zero attached hydrogens (tertiary/aromatic N) is 2. The topological polar surface area (TPSA) is 64.1 Å². The molecule has 0 unspecified atom stereocenters. The molecule has 1 spiro atoms. The van der Waals surface area contributed by atoms with Gasteiger partial charge in [-0.3, -0.25) is 9.59 Å². The van der Waals surface area contributed by atoms with Crippen molar-refractivity contribution in [1.82, 2.24) is 9.47 Å². The van der Waals surface area contributed by atoms with Crippen LogP contribution in [0.1, 0.15) is 57.1 Å². The molecule has 32 heavy (non-hydrogen) atoms. The lowest BCUT2D eigenvalue weighted by molar-refractivity contribution is -0.147. The van der Waals surface area contributed by atoms with Gasteiger partial charge in [0, 0.05) is 49.8 Å². The standard InChI is InChI=1S/C26H34N2O4/c1-25-6-3-7-26(15-31-26)22(25)9-18-19(24(30)32-21(18)10-25)14-27-11-16-8-17(13-27)20-4-2-5-23(29)28(20)12-16/h2,4-5,16-19,21-22H,3,6-15H2,1H3/t16-,17-,18-,19-,21+,22+,25+,26+/m0/s1. The molecule has 2 aliphatic carbocycles. The summed E-state index contributed by atoms with van der Waals surface area (Å²) in [5.74, 6) is 1.80. The summed E-state index contributed by atoms with van der Waals surface area (Å²) in [6.07, 6.45) is 7.00. The average Bonchev–Trinajstić information content (AvgIpc) is 3.46. The summed E-state index contributed by atoms with van der Waals surface area (Å²) >= 11 is 0. The fourth-order valence-corrected chi connectivity index (χ4v) is 8.59. The van der Waals surface area contributed by atoms with E-state index in [1.807, 2.05) is 10.6 Å². The maximum atomic E-state index is 13.1. The van der Waals surface area contributed by atoms with Crippen molar-refractivity contribution in [2.45, 2.75) is 69.6 Å². The molecule has 5 fully saturated rings. The minimum Gasteiger partial charge on any atom is -0.462 e. The fourth-order valence-electron chi connectivity index (χ4n) is 8.59. The van der Waals surface area contributed by atoms with Gasteiger partial charge >= 0.3 is 5.97 Å². The maximum absolute atomic E-state index is 13.1. The molecule has 6 nitrogen and oxygen atoms in total. The zero-order valence-electron chi connectivity index (χ0n) is 19.0. The van der Waals surface area contributed by atoms with Crippen LogP contribution < -0.4 is 5.56 Å². The van der Waals surface area contributed by atoms with Gasteiger partial charge in [0.25, 0.3) is 5.56 Å². The lowest BCUT2D eigenvalue weighted by atomic mass is 9.53. The molecular formula is C26H34N2O4. The van der Waals surface area contributed by atoms with E-state index in [-0.39, 0.29) is 34.6 Å². The fraction of sp³-hybridized carbons (Fsp3) is 0.769. The van der Waals surface area contributed by atoms with E-state index in [0.717, 1.165) is 52.0 Å². The van der Waals surface area contributed by atoms with Crippen LogP contribution in [0.25, 0.3) is 0 Å². The highest BCUT2D eigenvalue weighted by atomic mass is 16.6. The molecule has 0 amide bonds. The molecule has 2 bridgehead atoms. The number of carbonyl (C=O) groups is 1. The van der Waals surface area contributed by atoms with Gasteiger partial charge in [0.15, 0.2) is 0 Å². The summed E-state index contributed by atoms with van der Waals surface area (Å²) in [5, 5.41) is 0. The Balaban J connectivity index is 1.11. The van der Waals surface area contributed by atoms with Gasteiger partial charge in [0.2, 0.25) is 0 Å². The predicted octanol–water partition coefficient (Wildman–Crippen LogP) is 2.79. The number of carbonyl (C=O) groups excluding carboxylic acids is 1. The van der Waals surface area contributed by atoms with Gasteiger partial charge in [-0.05, 0) is 61.8 Å². The van der Waals surface area contributed by atoms with Crippen LogP contribution in [-0.2, 0) is 20.8 Å². The first kappa shape index (κ1) is 19.8. The van der Waals surface area contributed by atoms with Crippen LogP contribution in [0.2, 0.25) is 0 Å². The number of ether oxygens (including phenoxy) is 2. The summed E-state index contributed by atoms with van der Waals surface area (Å²) in [4.78, 5) is 27.9. The Bertz CT molecular complexity index is 1020. The zero-order chi connectivity index (χ0) is 21.7. The number of hydrogen-bond donors (Lipinski definition) is 0. The largest absolute Gasteiger partial charge is 0.462 e. The molecular weight excluding hydrogens is 404 g/mol. The molecule has 1 aromatic rings. The van der Waals surface area contributed by atoms with Crippen LogP contribution in [0, 0.1) is 29.1 Å². The number of aromatic nitrogens is 1. The minimum atomic E-state index is -0.0148. The highest BCUT2D eigenvalue weighted by molar-refractivity contribution is 5.75. The van der Waals surface area contributed by atoms with E-state index in [2.05, 4.69) is 17.9 Å². The third-order valence-electron chi connectivity index (χ3n) is 10.1. The zero-order valence-corrected chi connectivity index (χ0v) is 19.0. The normalized spacial score (nSPS) is 46.8. The maximum Gasteiger partial charge on any atom is 0.310 e. The lowest BCUT2D eigenvalue weighted by Crippen LogP contribution is -2.52. The van der Waals surface area contributed by atoms with Crippen LogP contribution in [0.15, 0.2) is 23.0 Å². The first-order valence-corrected chi connectivity index (χ1v) is 12.7. The molecule has 172 valence electrons. The Morgan fingerprint density at radius 1 is 1.12 bits per heavy atom. The Hall–Kier alpha value is -1.66. The van der Waals surface area contributed by atoms with Gasteiger partial charge in [-0.1, -0.05) is 13.0 Å². The Labute approximate surface area is 189 Å². The molecule has 0 aromatic carbocycles. The second kappa shape index (κ2) is 6.69. The van der Waals surface area contributed by atoms with Gasteiger partial charge in [-0.2, -0.15) is 0 Å². The number of pyridine rings is 1. The number of esters is 1. The molecule has 8 atom stereocenters. The number of piperidine rings is 1. The summed E-state index contributed by atoms with van der Waals surface area (Å²) < 4.78 is 14.1. The van der Waals surface area contributed by atoms with Gasteiger partial charge < -0.3 is 18.9 Å². The summed E-state index contributed by atoms with van der Waals surface area (Å²) in [5.41, 5.74) is 1.66. The van der Waals surface area contributed by atoms with E-state index in [9.17, 15) is 9.59 Å². The SMILES string of the molecule is C[C@]12CCC[C@@]3(CO3)[C@@H]1C[C@H]1[C@H](CN3C[C@@H]4C[C@@H](C3)c3cccc(=O)n3C4)C(=O)O[C@@H]1C2. The smallest absolute Gasteiger partial charge is 0.310 e. The van der Waals surface area contributed by atoms with Gasteiger partial charge in [0.1, 0.15) is 6.10 Å². The first-order valence-electron chi connectivity index (χ1n) is 12.7. The number of epoxide rings is 1. The predicted molar refractivity (Wildman–Crippen MR) is 118 cm³/mol. The molecule has 4 aliphatic heterocycles. The monoisotopic (exact) mass is 438 g/mol. The van der Waals surface area contributed by atoms with Gasteiger partial charge in [-0.25, -0.2) is 0 Å².